The largest absolute Gasteiger partial charge is 0.381 e. The molecule has 13 heavy (non-hydrogen) atoms. The first-order valence-corrected chi connectivity index (χ1v) is 5.54. The summed E-state index contributed by atoms with van der Waals surface area (Å²) in [7, 11) is 1.84. The molecule has 0 bridgehead atoms. The van der Waals surface area contributed by atoms with E-state index in [1.54, 1.807) is 0 Å². The Kier molecular flexibility index (Phi) is 3.78. The summed E-state index contributed by atoms with van der Waals surface area (Å²) >= 11 is 0. The molecule has 1 rings (SSSR count). The highest BCUT2D eigenvalue weighted by Gasteiger charge is 2.24. The Morgan fingerprint density at radius 2 is 1.62 bits per heavy atom. The Labute approximate surface area is 82.9 Å². The molecule has 0 unspecified atom stereocenters. The summed E-state index contributed by atoms with van der Waals surface area (Å²) in [4.78, 5) is 0. The van der Waals surface area contributed by atoms with Crippen molar-refractivity contribution in [1.29, 1.82) is 0 Å². The highest BCUT2D eigenvalue weighted by Crippen LogP contribution is 2.34. The molecule has 0 radical (unpaired) electrons. The van der Waals surface area contributed by atoms with Gasteiger partial charge in [0.15, 0.2) is 0 Å². The van der Waals surface area contributed by atoms with Crippen molar-refractivity contribution in [2.24, 2.45) is 11.3 Å². The smallest absolute Gasteiger partial charge is 0.0571 e. The lowest BCUT2D eigenvalue weighted by Crippen LogP contribution is -2.23. The molecular weight excluding hydrogens is 160 g/mol. The normalized spacial score (nSPS) is 30.5. The fraction of sp³-hybridized carbons (Fsp3) is 1.00. The maximum absolute atomic E-state index is 5.37. The second-order valence-corrected chi connectivity index (χ2v) is 5.64. The molecule has 1 heteroatoms. The summed E-state index contributed by atoms with van der Waals surface area (Å²) in [5.74, 6) is 0.950. The van der Waals surface area contributed by atoms with Gasteiger partial charge in [-0.1, -0.05) is 20.8 Å². The van der Waals surface area contributed by atoms with Crippen LogP contribution in [-0.4, -0.2) is 13.2 Å². The van der Waals surface area contributed by atoms with Crippen LogP contribution in [0.2, 0.25) is 0 Å². The van der Waals surface area contributed by atoms with Crippen LogP contribution in [0.1, 0.15) is 52.9 Å². The first-order chi connectivity index (χ1) is 6.01. The summed E-state index contributed by atoms with van der Waals surface area (Å²) in [6, 6.07) is 0. The van der Waals surface area contributed by atoms with Gasteiger partial charge in [-0.15, -0.1) is 0 Å². The van der Waals surface area contributed by atoms with Crippen LogP contribution < -0.4 is 0 Å². The van der Waals surface area contributed by atoms with E-state index in [2.05, 4.69) is 20.8 Å². The highest BCUT2D eigenvalue weighted by atomic mass is 16.5. The Balaban J connectivity index is 2.25. The van der Waals surface area contributed by atoms with Gasteiger partial charge in [-0.3, -0.25) is 0 Å². The molecule has 0 heterocycles. The average Bonchev–Trinajstić information content (AvgIpc) is 2.03. The second kappa shape index (κ2) is 4.45. The molecule has 0 aromatic heterocycles. The van der Waals surface area contributed by atoms with Gasteiger partial charge in [0.25, 0.3) is 0 Å². The number of hydrogen-bond acceptors (Lipinski definition) is 1. The quantitative estimate of drug-likeness (QED) is 0.637. The summed E-state index contributed by atoms with van der Waals surface area (Å²) < 4.78 is 5.37. The molecule has 1 fully saturated rings. The second-order valence-electron chi connectivity index (χ2n) is 5.64. The summed E-state index contributed by atoms with van der Waals surface area (Å²) in [6.07, 6.45) is 7.22. The van der Waals surface area contributed by atoms with E-state index >= 15 is 0 Å². The van der Waals surface area contributed by atoms with E-state index in [1.165, 1.54) is 32.1 Å². The highest BCUT2D eigenvalue weighted by molar-refractivity contribution is 4.76. The molecule has 0 aromatic carbocycles. The Morgan fingerprint density at radius 1 is 1.08 bits per heavy atom. The Morgan fingerprint density at radius 3 is 2.00 bits per heavy atom. The van der Waals surface area contributed by atoms with E-state index in [9.17, 15) is 0 Å². The number of methoxy groups -OCH3 is 1. The zero-order valence-electron chi connectivity index (χ0n) is 9.60. The van der Waals surface area contributed by atoms with E-state index < -0.39 is 0 Å². The molecule has 1 nitrogen and oxygen atoms in total. The summed E-state index contributed by atoms with van der Waals surface area (Å²) in [5, 5.41) is 0. The van der Waals surface area contributed by atoms with Gasteiger partial charge in [0, 0.05) is 7.11 Å². The van der Waals surface area contributed by atoms with Crippen LogP contribution in [-0.2, 0) is 4.74 Å². The van der Waals surface area contributed by atoms with Crippen LogP contribution in [0.15, 0.2) is 0 Å². The van der Waals surface area contributed by atoms with Crippen LogP contribution in [0.25, 0.3) is 0 Å². The van der Waals surface area contributed by atoms with E-state index in [0.717, 1.165) is 5.92 Å². The van der Waals surface area contributed by atoms with Crippen LogP contribution in [0.4, 0.5) is 0 Å². The van der Waals surface area contributed by atoms with Gasteiger partial charge in [-0.05, 0) is 43.4 Å². The maximum atomic E-state index is 5.37. The van der Waals surface area contributed by atoms with Crippen LogP contribution in [0.5, 0.6) is 0 Å². The fourth-order valence-electron chi connectivity index (χ4n) is 2.44. The third kappa shape index (κ3) is 4.12. The molecule has 0 aromatic rings. The molecule has 0 N–H and O–H groups in total. The molecule has 0 spiro atoms. The van der Waals surface area contributed by atoms with Crippen molar-refractivity contribution in [3.8, 4) is 0 Å². The van der Waals surface area contributed by atoms with Crippen molar-refractivity contribution in [2.75, 3.05) is 7.11 Å². The predicted molar refractivity (Wildman–Crippen MR) is 56.8 cm³/mol. The first-order valence-electron chi connectivity index (χ1n) is 5.54. The van der Waals surface area contributed by atoms with Crippen molar-refractivity contribution in [3.63, 3.8) is 0 Å². The maximum Gasteiger partial charge on any atom is 0.0571 e. The van der Waals surface area contributed by atoms with Gasteiger partial charge in [0.1, 0.15) is 0 Å². The Bertz CT molecular complexity index is 138. The molecule has 0 aliphatic heterocycles. The first kappa shape index (κ1) is 11.0. The molecule has 0 saturated heterocycles. The van der Waals surface area contributed by atoms with Crippen molar-refractivity contribution < 1.29 is 4.74 Å². The zero-order chi connectivity index (χ0) is 9.90. The fourth-order valence-corrected chi connectivity index (χ4v) is 2.44. The van der Waals surface area contributed by atoms with E-state index in [1.807, 2.05) is 7.11 Å². The molecule has 0 amide bonds. The third-order valence-corrected chi connectivity index (χ3v) is 3.03. The summed E-state index contributed by atoms with van der Waals surface area (Å²) in [5.41, 5.74) is 0.505. The minimum atomic E-state index is 0.505. The molecule has 1 aliphatic carbocycles. The average molecular weight is 184 g/mol. The van der Waals surface area contributed by atoms with E-state index in [4.69, 9.17) is 4.74 Å². The Hall–Kier alpha value is -0.0400. The van der Waals surface area contributed by atoms with Gasteiger partial charge < -0.3 is 4.74 Å². The van der Waals surface area contributed by atoms with Crippen LogP contribution >= 0.6 is 0 Å². The minimum Gasteiger partial charge on any atom is -0.381 e. The number of ether oxygens (including phenoxy) is 1. The SMILES string of the molecule is CO[C@H]1CC[C@@H](CC(C)(C)C)CC1. The lowest BCUT2D eigenvalue weighted by Gasteiger charge is -2.31. The van der Waals surface area contributed by atoms with Crippen LogP contribution in [0, 0.1) is 11.3 Å². The standard InChI is InChI=1S/C12H24O/c1-12(2,3)9-10-5-7-11(13-4)8-6-10/h10-11H,5-9H2,1-4H3/t10-,11+. The van der Waals surface area contributed by atoms with Gasteiger partial charge >= 0.3 is 0 Å². The molecule has 0 atom stereocenters. The van der Waals surface area contributed by atoms with Crippen molar-refractivity contribution in [1.82, 2.24) is 0 Å². The molecule has 78 valence electrons. The molecule has 1 aliphatic rings. The number of rotatable bonds is 2. The van der Waals surface area contributed by atoms with Gasteiger partial charge in [0.2, 0.25) is 0 Å². The van der Waals surface area contributed by atoms with Crippen LogP contribution in [0.3, 0.4) is 0 Å². The lowest BCUT2D eigenvalue weighted by molar-refractivity contribution is 0.0499. The van der Waals surface area contributed by atoms with Gasteiger partial charge in [-0.25, -0.2) is 0 Å². The topological polar surface area (TPSA) is 9.23 Å². The van der Waals surface area contributed by atoms with Gasteiger partial charge in [0.05, 0.1) is 6.10 Å². The third-order valence-electron chi connectivity index (χ3n) is 3.03. The molecule has 1 saturated carbocycles. The van der Waals surface area contributed by atoms with Crippen molar-refractivity contribution in [3.05, 3.63) is 0 Å². The minimum absolute atomic E-state index is 0.505. The monoisotopic (exact) mass is 184 g/mol. The van der Waals surface area contributed by atoms with Crippen molar-refractivity contribution >= 4 is 0 Å². The van der Waals surface area contributed by atoms with Gasteiger partial charge in [-0.2, -0.15) is 0 Å². The molecular formula is C12H24O. The zero-order valence-corrected chi connectivity index (χ0v) is 9.60. The summed E-state index contributed by atoms with van der Waals surface area (Å²) in [6.45, 7) is 7.03. The van der Waals surface area contributed by atoms with E-state index in [-0.39, 0.29) is 0 Å². The van der Waals surface area contributed by atoms with E-state index in [0.29, 0.717) is 11.5 Å². The van der Waals surface area contributed by atoms with Crippen molar-refractivity contribution in [2.45, 2.75) is 59.0 Å². The lowest BCUT2D eigenvalue weighted by atomic mass is 9.77. The number of hydrogen-bond donors (Lipinski definition) is 0. The predicted octanol–water partition coefficient (Wildman–Crippen LogP) is 3.63.